The summed E-state index contributed by atoms with van der Waals surface area (Å²) >= 11 is 0. The lowest BCUT2D eigenvalue weighted by atomic mass is 9.74. The summed E-state index contributed by atoms with van der Waals surface area (Å²) in [5.41, 5.74) is 1.87. The first-order valence-corrected chi connectivity index (χ1v) is 8.06. The Labute approximate surface area is 128 Å². The molecule has 3 heteroatoms. The Morgan fingerprint density at radius 1 is 1.38 bits per heavy atom. The van der Waals surface area contributed by atoms with Crippen LogP contribution in [-0.4, -0.2) is 25.5 Å². The summed E-state index contributed by atoms with van der Waals surface area (Å²) in [5, 5.41) is 3.43. The van der Waals surface area contributed by atoms with Crippen molar-refractivity contribution in [3.05, 3.63) is 29.8 Å². The average molecular weight is 288 g/mol. The molecule has 116 valence electrons. The van der Waals surface area contributed by atoms with Crippen molar-refractivity contribution >= 4 is 11.6 Å². The molecule has 21 heavy (non-hydrogen) atoms. The summed E-state index contributed by atoms with van der Waals surface area (Å²) in [6.07, 6.45) is 2.30. The molecule has 0 aromatic heterocycles. The summed E-state index contributed by atoms with van der Waals surface area (Å²) in [6.45, 7) is 11.1. The van der Waals surface area contributed by atoms with Gasteiger partial charge in [0.15, 0.2) is 0 Å². The van der Waals surface area contributed by atoms with Crippen molar-refractivity contribution < 1.29 is 4.79 Å². The van der Waals surface area contributed by atoms with Crippen LogP contribution in [0.2, 0.25) is 0 Å². The lowest BCUT2D eigenvalue weighted by Crippen LogP contribution is -2.49. The minimum Gasteiger partial charge on any atom is -0.316 e. The lowest BCUT2D eigenvalue weighted by molar-refractivity contribution is -0.129. The molecule has 0 radical (unpaired) electrons. The van der Waals surface area contributed by atoms with Crippen molar-refractivity contribution in [2.24, 2.45) is 11.3 Å². The van der Waals surface area contributed by atoms with E-state index in [1.54, 1.807) is 0 Å². The number of para-hydroxylation sites is 1. The third kappa shape index (κ3) is 3.29. The van der Waals surface area contributed by atoms with Crippen LogP contribution in [0.5, 0.6) is 0 Å². The molecule has 1 fully saturated rings. The van der Waals surface area contributed by atoms with Crippen LogP contribution in [-0.2, 0) is 4.79 Å². The maximum absolute atomic E-state index is 13.1. The average Bonchev–Trinajstić information content (AvgIpc) is 2.50. The number of carbonyl (C=O) groups is 1. The van der Waals surface area contributed by atoms with Crippen molar-refractivity contribution in [1.29, 1.82) is 0 Å². The van der Waals surface area contributed by atoms with Gasteiger partial charge >= 0.3 is 0 Å². The van der Waals surface area contributed by atoms with Crippen LogP contribution in [0, 0.1) is 18.3 Å². The highest BCUT2D eigenvalue weighted by atomic mass is 16.2. The number of amides is 1. The zero-order valence-corrected chi connectivity index (χ0v) is 13.8. The van der Waals surface area contributed by atoms with Gasteiger partial charge in [-0.3, -0.25) is 4.79 Å². The van der Waals surface area contributed by atoms with Gasteiger partial charge < -0.3 is 10.2 Å². The quantitative estimate of drug-likeness (QED) is 0.921. The fourth-order valence-electron chi connectivity index (χ4n) is 3.28. The SMILES string of the molecule is CCN(C(=O)C(C)(C)C1CCCNC1)c1ccccc1C. The molecule has 1 aliphatic heterocycles. The first-order chi connectivity index (χ1) is 9.98. The van der Waals surface area contributed by atoms with Crippen LogP contribution < -0.4 is 10.2 Å². The fraction of sp³-hybridized carbons (Fsp3) is 0.611. The summed E-state index contributed by atoms with van der Waals surface area (Å²) in [5.74, 6) is 0.657. The van der Waals surface area contributed by atoms with Crippen LogP contribution >= 0.6 is 0 Å². The number of hydrogen-bond donors (Lipinski definition) is 1. The Morgan fingerprint density at radius 2 is 2.10 bits per heavy atom. The molecule has 1 amide bonds. The monoisotopic (exact) mass is 288 g/mol. The number of carbonyl (C=O) groups excluding carboxylic acids is 1. The van der Waals surface area contributed by atoms with Crippen LogP contribution in [0.15, 0.2) is 24.3 Å². The molecule has 1 aromatic carbocycles. The van der Waals surface area contributed by atoms with E-state index in [1.165, 1.54) is 0 Å². The number of piperidine rings is 1. The number of aryl methyl sites for hydroxylation is 1. The fourth-order valence-corrected chi connectivity index (χ4v) is 3.28. The topological polar surface area (TPSA) is 32.3 Å². The Morgan fingerprint density at radius 3 is 2.67 bits per heavy atom. The summed E-state index contributed by atoms with van der Waals surface area (Å²) < 4.78 is 0. The standard InChI is InChI=1S/C18H28N2O/c1-5-20(16-11-7-6-9-14(16)2)17(21)18(3,4)15-10-8-12-19-13-15/h6-7,9,11,15,19H,5,8,10,12-13H2,1-4H3. The molecule has 2 rings (SSSR count). The van der Waals surface area contributed by atoms with Crippen LogP contribution in [0.25, 0.3) is 0 Å². The predicted octanol–water partition coefficient (Wildman–Crippen LogP) is 3.37. The van der Waals surface area contributed by atoms with Crippen LogP contribution in [0.4, 0.5) is 5.69 Å². The maximum atomic E-state index is 13.1. The second-order valence-electron chi connectivity index (χ2n) is 6.60. The van der Waals surface area contributed by atoms with Crippen LogP contribution in [0.3, 0.4) is 0 Å². The molecule has 0 bridgehead atoms. The second-order valence-corrected chi connectivity index (χ2v) is 6.60. The Hall–Kier alpha value is -1.35. The van der Waals surface area contributed by atoms with Crippen molar-refractivity contribution in [2.75, 3.05) is 24.5 Å². The number of benzene rings is 1. The van der Waals surface area contributed by atoms with Crippen molar-refractivity contribution in [1.82, 2.24) is 5.32 Å². The highest BCUT2D eigenvalue weighted by Gasteiger charge is 2.40. The predicted molar refractivity (Wildman–Crippen MR) is 88.6 cm³/mol. The zero-order chi connectivity index (χ0) is 15.5. The van der Waals surface area contributed by atoms with Crippen LogP contribution in [0.1, 0.15) is 39.2 Å². The van der Waals surface area contributed by atoms with Gasteiger partial charge in [-0.15, -0.1) is 0 Å². The van der Waals surface area contributed by atoms with Gasteiger partial charge in [0.05, 0.1) is 0 Å². The number of anilines is 1. The van der Waals surface area contributed by atoms with E-state index in [9.17, 15) is 4.79 Å². The Kier molecular flexibility index (Phi) is 5.04. The second kappa shape index (κ2) is 6.61. The third-order valence-corrected chi connectivity index (χ3v) is 4.84. The van der Waals surface area contributed by atoms with E-state index in [4.69, 9.17) is 0 Å². The van der Waals surface area contributed by atoms with E-state index in [0.29, 0.717) is 12.5 Å². The summed E-state index contributed by atoms with van der Waals surface area (Å²) in [7, 11) is 0. The Bertz CT molecular complexity index is 490. The largest absolute Gasteiger partial charge is 0.316 e. The maximum Gasteiger partial charge on any atom is 0.232 e. The highest BCUT2D eigenvalue weighted by molar-refractivity contribution is 5.98. The molecule has 1 aliphatic rings. The highest BCUT2D eigenvalue weighted by Crippen LogP contribution is 2.35. The third-order valence-electron chi connectivity index (χ3n) is 4.84. The van der Waals surface area contributed by atoms with E-state index < -0.39 is 0 Å². The van der Waals surface area contributed by atoms with E-state index in [1.807, 2.05) is 23.1 Å². The van der Waals surface area contributed by atoms with Crippen molar-refractivity contribution in [3.63, 3.8) is 0 Å². The zero-order valence-electron chi connectivity index (χ0n) is 13.8. The molecule has 0 saturated carbocycles. The smallest absolute Gasteiger partial charge is 0.232 e. The molecule has 1 saturated heterocycles. The van der Waals surface area contributed by atoms with Gasteiger partial charge in [-0.2, -0.15) is 0 Å². The normalized spacial score (nSPS) is 19.3. The van der Waals surface area contributed by atoms with Crippen molar-refractivity contribution in [3.8, 4) is 0 Å². The number of rotatable bonds is 4. The lowest BCUT2D eigenvalue weighted by Gasteiger charge is -2.39. The molecule has 1 aromatic rings. The number of hydrogen-bond acceptors (Lipinski definition) is 2. The number of nitrogens with one attached hydrogen (secondary N) is 1. The molecule has 0 spiro atoms. The number of nitrogens with zero attached hydrogens (tertiary/aromatic N) is 1. The van der Waals surface area contributed by atoms with Crippen molar-refractivity contribution in [2.45, 2.75) is 40.5 Å². The van der Waals surface area contributed by atoms with E-state index in [-0.39, 0.29) is 11.3 Å². The molecule has 1 unspecified atom stereocenters. The molecule has 1 heterocycles. The molecular formula is C18H28N2O. The molecule has 1 atom stereocenters. The van der Waals surface area contributed by atoms with E-state index >= 15 is 0 Å². The summed E-state index contributed by atoms with van der Waals surface area (Å²) in [6, 6.07) is 8.15. The minimum atomic E-state index is -0.328. The Balaban J connectivity index is 2.25. The first-order valence-electron chi connectivity index (χ1n) is 8.06. The van der Waals surface area contributed by atoms with Gasteiger partial charge in [-0.1, -0.05) is 32.0 Å². The van der Waals surface area contributed by atoms with Gasteiger partial charge in [0.2, 0.25) is 5.91 Å². The van der Waals surface area contributed by atoms with Gasteiger partial charge in [0, 0.05) is 17.6 Å². The molecular weight excluding hydrogens is 260 g/mol. The van der Waals surface area contributed by atoms with Gasteiger partial charge in [0.1, 0.15) is 0 Å². The molecule has 1 N–H and O–H groups in total. The first kappa shape index (κ1) is 16.0. The summed E-state index contributed by atoms with van der Waals surface area (Å²) in [4.78, 5) is 15.1. The van der Waals surface area contributed by atoms with Gasteiger partial charge in [0.25, 0.3) is 0 Å². The van der Waals surface area contributed by atoms with E-state index in [2.05, 4.69) is 39.1 Å². The minimum absolute atomic E-state index is 0.244. The van der Waals surface area contributed by atoms with Gasteiger partial charge in [-0.05, 0) is 57.3 Å². The van der Waals surface area contributed by atoms with E-state index in [0.717, 1.165) is 37.2 Å². The molecule has 3 nitrogen and oxygen atoms in total. The van der Waals surface area contributed by atoms with Gasteiger partial charge in [-0.25, -0.2) is 0 Å². The molecule has 0 aliphatic carbocycles.